The summed E-state index contributed by atoms with van der Waals surface area (Å²) in [5, 5.41) is 0.0866. The third-order valence-corrected chi connectivity index (χ3v) is 6.10. The van der Waals surface area contributed by atoms with Crippen LogP contribution in [0.1, 0.15) is 32.3 Å². The van der Waals surface area contributed by atoms with Crippen molar-refractivity contribution < 1.29 is 21.7 Å². The Morgan fingerprint density at radius 1 is 1.33 bits per heavy atom. The van der Waals surface area contributed by atoms with Gasteiger partial charge in [0.15, 0.2) is 0 Å². The number of halogens is 1. The summed E-state index contributed by atoms with van der Waals surface area (Å²) in [5.74, 6) is -0.0441. The van der Waals surface area contributed by atoms with Crippen molar-refractivity contribution in [2.75, 3.05) is 19.6 Å². The van der Waals surface area contributed by atoms with Crippen molar-refractivity contribution >= 4 is 29.1 Å². The van der Waals surface area contributed by atoms with Gasteiger partial charge in [0.25, 0.3) is 10.1 Å². The minimum Gasteiger partial charge on any atom is -0.327 e. The van der Waals surface area contributed by atoms with Crippen molar-refractivity contribution in [3.8, 4) is 0 Å². The maximum Gasteiger partial charge on any atom is 0.299 e. The van der Waals surface area contributed by atoms with E-state index in [0.29, 0.717) is 5.56 Å². The highest BCUT2D eigenvalue weighted by molar-refractivity contribution is 7.87. The Bertz CT molecular complexity index is 642. The van der Waals surface area contributed by atoms with Crippen LogP contribution in [0, 0.1) is 0 Å². The van der Waals surface area contributed by atoms with Crippen LogP contribution in [0.3, 0.4) is 0 Å². The van der Waals surface area contributed by atoms with Crippen LogP contribution >= 0.6 is 19.0 Å². The highest BCUT2D eigenvalue weighted by Crippen LogP contribution is 2.43. The first-order valence-electron chi connectivity index (χ1n) is 6.49. The van der Waals surface area contributed by atoms with E-state index in [0.717, 1.165) is 0 Å². The van der Waals surface area contributed by atoms with Crippen LogP contribution < -0.4 is 0 Å². The molecule has 1 unspecified atom stereocenters. The summed E-state index contributed by atoms with van der Waals surface area (Å²) < 4.78 is 46.5. The molecule has 0 aliphatic carbocycles. The molecule has 0 spiro atoms. The highest BCUT2D eigenvalue weighted by atomic mass is 35.5. The molecule has 120 valence electrons. The molecule has 21 heavy (non-hydrogen) atoms. The van der Waals surface area contributed by atoms with E-state index in [1.165, 1.54) is 12.7 Å². The summed E-state index contributed by atoms with van der Waals surface area (Å²) in [6.45, 7) is 6.95. The topological polar surface area (TPSA) is 69.7 Å². The van der Waals surface area contributed by atoms with Gasteiger partial charge < -0.3 is 4.52 Å². The first-order valence-corrected chi connectivity index (χ1v) is 10.5. The van der Waals surface area contributed by atoms with E-state index in [1.807, 2.05) is 13.8 Å². The normalized spacial score (nSPS) is 15.1. The predicted molar refractivity (Wildman–Crippen MR) is 83.8 cm³/mol. The van der Waals surface area contributed by atoms with Gasteiger partial charge in [-0.05, 0) is 24.5 Å². The summed E-state index contributed by atoms with van der Waals surface area (Å²) in [4.78, 5) is -0.0711. The van der Waals surface area contributed by atoms with Gasteiger partial charge in [-0.15, -0.1) is 0 Å². The Morgan fingerprint density at radius 3 is 2.48 bits per heavy atom. The van der Waals surface area contributed by atoms with Gasteiger partial charge in [0.05, 0.1) is 11.6 Å². The van der Waals surface area contributed by atoms with Crippen molar-refractivity contribution in [3.63, 3.8) is 0 Å². The summed E-state index contributed by atoms with van der Waals surface area (Å²) in [5.41, 5.74) is 0.560. The van der Waals surface area contributed by atoms with E-state index in [2.05, 4.69) is 0 Å². The number of benzene rings is 1. The minimum atomic E-state index is -4.10. The van der Waals surface area contributed by atoms with Gasteiger partial charge in [0, 0.05) is 6.66 Å². The molecule has 8 heteroatoms. The van der Waals surface area contributed by atoms with Crippen LogP contribution in [0.5, 0.6) is 0 Å². The number of hydrogen-bond donors (Lipinski definition) is 0. The van der Waals surface area contributed by atoms with Crippen LogP contribution in [0.15, 0.2) is 23.1 Å². The third-order valence-electron chi connectivity index (χ3n) is 2.71. The smallest absolute Gasteiger partial charge is 0.299 e. The van der Waals surface area contributed by atoms with Gasteiger partial charge in [-0.25, -0.2) is 0 Å². The fourth-order valence-corrected chi connectivity index (χ4v) is 5.20. The molecule has 0 N–H and O–H groups in total. The van der Waals surface area contributed by atoms with Crippen LogP contribution in [0.2, 0.25) is 5.02 Å². The Balaban J connectivity index is 3.12. The van der Waals surface area contributed by atoms with Gasteiger partial charge in [-0.2, -0.15) is 8.42 Å². The average Bonchev–Trinajstić information content (AvgIpc) is 2.36. The quantitative estimate of drug-likeness (QED) is 0.545. The lowest BCUT2D eigenvalue weighted by Gasteiger charge is -2.16. The molecule has 0 heterocycles. The minimum absolute atomic E-state index is 0.0441. The Labute approximate surface area is 131 Å². The summed E-state index contributed by atoms with van der Waals surface area (Å²) >= 11 is 6.01. The number of hydrogen-bond acceptors (Lipinski definition) is 5. The molecule has 0 saturated heterocycles. The molecule has 0 amide bonds. The molecule has 1 atom stereocenters. The van der Waals surface area contributed by atoms with E-state index in [1.54, 1.807) is 19.1 Å². The lowest BCUT2D eigenvalue weighted by atomic mass is 10.0. The van der Waals surface area contributed by atoms with E-state index in [4.69, 9.17) is 20.3 Å². The van der Waals surface area contributed by atoms with Gasteiger partial charge in [-0.3, -0.25) is 8.75 Å². The molecule has 1 aromatic carbocycles. The third kappa shape index (κ3) is 5.08. The second kappa shape index (κ2) is 7.25. The molecular weight excluding hydrogens is 335 g/mol. The molecule has 5 nitrogen and oxygen atoms in total. The molecular formula is C13H20ClO5PS. The SMILES string of the molecule is CCOP(C)(=O)COS(=O)(=O)c1c(Cl)cccc1C(C)C. The van der Waals surface area contributed by atoms with Crippen LogP contribution in [0.25, 0.3) is 0 Å². The molecule has 0 aromatic heterocycles. The summed E-state index contributed by atoms with van der Waals surface area (Å²) in [7, 11) is -7.21. The molecule has 0 radical (unpaired) electrons. The Hall–Kier alpha value is -0.390. The first kappa shape index (κ1) is 18.7. The van der Waals surface area contributed by atoms with Crippen molar-refractivity contribution in [3.05, 3.63) is 28.8 Å². The van der Waals surface area contributed by atoms with Crippen molar-refractivity contribution in [1.82, 2.24) is 0 Å². The number of rotatable bonds is 7. The largest absolute Gasteiger partial charge is 0.327 e. The lowest BCUT2D eigenvalue weighted by molar-refractivity contribution is 0.297. The molecule has 0 saturated carbocycles. The van der Waals surface area contributed by atoms with Crippen LogP contribution in [-0.2, 0) is 23.4 Å². The second-order valence-electron chi connectivity index (χ2n) is 4.95. The van der Waals surface area contributed by atoms with Crippen LogP contribution in [0.4, 0.5) is 0 Å². The van der Waals surface area contributed by atoms with Gasteiger partial charge >= 0.3 is 0 Å². The zero-order chi connectivity index (χ0) is 16.3. The lowest BCUT2D eigenvalue weighted by Crippen LogP contribution is -2.12. The van der Waals surface area contributed by atoms with Gasteiger partial charge in [-0.1, -0.05) is 37.6 Å². The Kier molecular flexibility index (Phi) is 6.44. The monoisotopic (exact) mass is 354 g/mol. The van der Waals surface area contributed by atoms with Gasteiger partial charge in [0.2, 0.25) is 7.37 Å². The molecule has 0 aliphatic heterocycles. The summed E-state index contributed by atoms with van der Waals surface area (Å²) in [6, 6.07) is 4.85. The zero-order valence-electron chi connectivity index (χ0n) is 12.5. The van der Waals surface area contributed by atoms with Crippen molar-refractivity contribution in [2.45, 2.75) is 31.6 Å². The Morgan fingerprint density at radius 2 is 1.95 bits per heavy atom. The molecule has 0 bridgehead atoms. The van der Waals surface area contributed by atoms with E-state index in [9.17, 15) is 13.0 Å². The van der Waals surface area contributed by atoms with Gasteiger partial charge in [0.1, 0.15) is 11.2 Å². The molecule has 0 fully saturated rings. The molecule has 0 aliphatic rings. The standard InChI is InChI=1S/C13H20ClO5PS/c1-5-18-20(4,15)9-19-21(16,17)13-11(10(2)3)7-6-8-12(13)14/h6-8,10H,5,9H2,1-4H3. The molecule has 1 aromatic rings. The maximum atomic E-state index is 12.3. The summed E-state index contributed by atoms with van der Waals surface area (Å²) in [6.07, 6.45) is -0.508. The van der Waals surface area contributed by atoms with Crippen molar-refractivity contribution in [1.29, 1.82) is 0 Å². The zero-order valence-corrected chi connectivity index (χ0v) is 15.0. The fourth-order valence-electron chi connectivity index (χ4n) is 1.78. The van der Waals surface area contributed by atoms with Crippen molar-refractivity contribution in [2.24, 2.45) is 0 Å². The van der Waals surface area contributed by atoms with Crippen LogP contribution in [-0.4, -0.2) is 28.0 Å². The fraction of sp³-hybridized carbons (Fsp3) is 0.538. The van der Waals surface area contributed by atoms with E-state index in [-0.39, 0.29) is 22.4 Å². The second-order valence-corrected chi connectivity index (χ2v) is 9.45. The van der Waals surface area contributed by atoms with E-state index < -0.39 is 23.8 Å². The highest BCUT2D eigenvalue weighted by Gasteiger charge is 2.27. The maximum absolute atomic E-state index is 12.3. The van der Waals surface area contributed by atoms with E-state index >= 15 is 0 Å². The predicted octanol–water partition coefficient (Wildman–Crippen LogP) is 4.07. The average molecular weight is 355 g/mol. The molecule has 1 rings (SSSR count). The first-order chi connectivity index (χ1) is 9.60.